The van der Waals surface area contributed by atoms with Gasteiger partial charge in [0, 0.05) is 0 Å². The van der Waals surface area contributed by atoms with Gasteiger partial charge in [-0.15, -0.1) is 0 Å². The second kappa shape index (κ2) is 3.41. The van der Waals surface area contributed by atoms with Crippen LogP contribution in [0, 0.1) is 0 Å². The molecule has 1 atom stereocenters. The van der Waals surface area contributed by atoms with E-state index >= 15 is 0 Å². The van der Waals surface area contributed by atoms with E-state index in [-0.39, 0.29) is 13.5 Å². The monoisotopic (exact) mass is 176 g/mol. The third kappa shape index (κ3) is 4.53. The number of rotatable bonds is 1. The molecule has 0 fully saturated rings. The van der Waals surface area contributed by atoms with Crippen molar-refractivity contribution in [1.29, 1.82) is 0 Å². The zero-order chi connectivity index (χ0) is 6.08. The van der Waals surface area contributed by atoms with Crippen LogP contribution < -0.4 is 0 Å². The lowest BCUT2D eigenvalue weighted by molar-refractivity contribution is 0.466. The van der Waals surface area contributed by atoms with Gasteiger partial charge in [-0.2, -0.15) is 0 Å². The number of hydrogen-bond acceptors (Lipinski definition) is 5. The summed E-state index contributed by atoms with van der Waals surface area (Å²) in [4.78, 5) is 0. The van der Waals surface area contributed by atoms with Crippen LogP contribution >= 0.6 is 0 Å². The highest BCUT2D eigenvalue weighted by Gasteiger charge is 2.00. The molecular formula is O5S3. The molecule has 0 heterocycles. The van der Waals surface area contributed by atoms with E-state index in [0.717, 1.165) is 0 Å². The molecule has 0 aromatic heterocycles. The third-order valence-corrected chi connectivity index (χ3v) is 1.50. The molecule has 48 valence electrons. The van der Waals surface area contributed by atoms with Crippen molar-refractivity contribution in [2.24, 2.45) is 0 Å². The molecule has 0 aliphatic carbocycles. The Morgan fingerprint density at radius 1 is 1.38 bits per heavy atom. The lowest BCUT2D eigenvalue weighted by Gasteiger charge is -2.06. The van der Waals surface area contributed by atoms with E-state index in [0.29, 0.717) is 0 Å². The smallest absolute Gasteiger partial charge is 0.761 e. The largest absolute Gasteiger partial charge is 2.00 e. The molecule has 0 aliphatic heterocycles. The van der Waals surface area contributed by atoms with Gasteiger partial charge < -0.3 is 9.11 Å². The summed E-state index contributed by atoms with van der Waals surface area (Å²) in [5, 5.41) is 0. The zero-order valence-electron chi connectivity index (χ0n) is 3.27. The predicted octanol–water partition coefficient (Wildman–Crippen LogP) is -1.68. The lowest BCUT2D eigenvalue weighted by Crippen LogP contribution is -2.04. The van der Waals surface area contributed by atoms with E-state index in [2.05, 4.69) is 0 Å². The first-order chi connectivity index (χ1) is 2.94. The van der Waals surface area contributed by atoms with Crippen molar-refractivity contribution in [3.8, 4) is 0 Å². The maximum atomic E-state index is 9.16. The molecule has 8 heavy (non-hydrogen) atoms. The van der Waals surface area contributed by atoms with Gasteiger partial charge in [-0.3, -0.25) is 4.21 Å². The Balaban J connectivity index is 0. The van der Waals surface area contributed by atoms with Gasteiger partial charge in [0.15, 0.2) is 9.15 Å². The molecule has 4 radical (unpaired) electrons. The topological polar surface area (TPSA) is 97.3 Å². The standard InChI is InChI=1S/H2O5S2.S/c1-6(2)7(3,4)5;/h(H,1,2)(H,3,4,5);/q;+2/p-2. The van der Waals surface area contributed by atoms with Crippen LogP contribution in [0.5, 0.6) is 0 Å². The van der Waals surface area contributed by atoms with Crippen molar-refractivity contribution in [3.63, 3.8) is 0 Å². The molecule has 0 rings (SSSR count). The second-order valence-corrected chi connectivity index (χ2v) is 3.88. The van der Waals surface area contributed by atoms with E-state index in [1.165, 1.54) is 0 Å². The molecule has 0 aromatic rings. The molecule has 8 heteroatoms. The Kier molecular flexibility index (Phi) is 4.77. The first-order valence-electron chi connectivity index (χ1n) is 1.00. The van der Waals surface area contributed by atoms with E-state index in [1.54, 1.807) is 0 Å². The second-order valence-electron chi connectivity index (χ2n) is 0.612. The van der Waals surface area contributed by atoms with Crippen LogP contribution in [0.3, 0.4) is 0 Å². The van der Waals surface area contributed by atoms with Crippen LogP contribution in [0.2, 0.25) is 0 Å². The van der Waals surface area contributed by atoms with Gasteiger partial charge in [0.1, 0.15) is 0 Å². The minimum atomic E-state index is -5.07. The first kappa shape index (κ1) is 11.2. The summed E-state index contributed by atoms with van der Waals surface area (Å²) in [5.41, 5.74) is 0. The molecule has 0 bridgehead atoms. The summed E-state index contributed by atoms with van der Waals surface area (Å²) in [6, 6.07) is 0. The van der Waals surface area contributed by atoms with Gasteiger partial charge in [-0.25, -0.2) is 8.42 Å². The van der Waals surface area contributed by atoms with Crippen molar-refractivity contribution >= 4 is 32.8 Å². The molecule has 0 aliphatic rings. The van der Waals surface area contributed by atoms with Gasteiger partial charge in [0.2, 0.25) is 0 Å². The Bertz CT molecular complexity index is 162. The van der Waals surface area contributed by atoms with Crippen LogP contribution in [0.4, 0.5) is 0 Å². The predicted molar refractivity (Wildman–Crippen MR) is 26.0 cm³/mol. The van der Waals surface area contributed by atoms with Crippen LogP contribution in [0.15, 0.2) is 0 Å². The average Bonchev–Trinajstić information content (AvgIpc) is 1.31. The van der Waals surface area contributed by atoms with Gasteiger partial charge in [0.05, 0.1) is 10.1 Å². The summed E-state index contributed by atoms with van der Waals surface area (Å²) in [5.74, 6) is 0. The number of hydrogen-bond donors (Lipinski definition) is 0. The lowest BCUT2D eigenvalue weighted by atomic mass is 15.9. The Hall–Kier alpha value is 0.370. The maximum absolute atomic E-state index is 9.16. The highest BCUT2D eigenvalue weighted by atomic mass is 33.2. The summed E-state index contributed by atoms with van der Waals surface area (Å²) < 4.78 is 45.7. The molecule has 0 aromatic carbocycles. The van der Waals surface area contributed by atoms with Gasteiger partial charge >= 0.3 is 13.5 Å². The van der Waals surface area contributed by atoms with Crippen LogP contribution in [0.25, 0.3) is 0 Å². The maximum Gasteiger partial charge on any atom is 2.00 e. The van der Waals surface area contributed by atoms with Crippen LogP contribution in [-0.2, 0) is 32.8 Å². The van der Waals surface area contributed by atoms with E-state index in [1.807, 2.05) is 0 Å². The molecule has 0 spiro atoms. The van der Waals surface area contributed by atoms with Crippen molar-refractivity contribution in [2.45, 2.75) is 0 Å². The van der Waals surface area contributed by atoms with Crippen molar-refractivity contribution in [2.75, 3.05) is 0 Å². The molecule has 0 saturated heterocycles. The van der Waals surface area contributed by atoms with Crippen molar-refractivity contribution in [1.82, 2.24) is 0 Å². The normalized spacial score (nSPS) is 14.2. The summed E-state index contributed by atoms with van der Waals surface area (Å²) in [7, 11) is -8.59. The first-order valence-corrected chi connectivity index (χ1v) is 4.00. The summed E-state index contributed by atoms with van der Waals surface area (Å²) >= 11 is 0. The minimum absolute atomic E-state index is 0. The van der Waals surface area contributed by atoms with Crippen LogP contribution in [0.1, 0.15) is 0 Å². The van der Waals surface area contributed by atoms with Crippen LogP contribution in [-0.4, -0.2) is 21.7 Å². The highest BCUT2D eigenvalue weighted by Crippen LogP contribution is 1.82. The molecule has 1 unspecified atom stereocenters. The fourth-order valence-corrected chi connectivity index (χ4v) is 0. The molecular weight excluding hydrogens is 176 g/mol. The summed E-state index contributed by atoms with van der Waals surface area (Å²) in [6.45, 7) is 0. The minimum Gasteiger partial charge on any atom is -0.761 e. The fraction of sp³-hybridized carbons (Fsp3) is 0. The van der Waals surface area contributed by atoms with Crippen molar-refractivity contribution in [3.05, 3.63) is 0 Å². The van der Waals surface area contributed by atoms with E-state index in [9.17, 15) is 0 Å². The Labute approximate surface area is 55.0 Å². The van der Waals surface area contributed by atoms with E-state index < -0.39 is 19.3 Å². The Morgan fingerprint density at radius 3 is 1.50 bits per heavy atom. The quantitative estimate of drug-likeness (QED) is 0.270. The van der Waals surface area contributed by atoms with Gasteiger partial charge in [0.25, 0.3) is 0 Å². The van der Waals surface area contributed by atoms with Gasteiger partial charge in [-0.05, 0) is 0 Å². The summed E-state index contributed by atoms with van der Waals surface area (Å²) in [6.07, 6.45) is 0. The average molecular weight is 176 g/mol. The molecule has 0 saturated carbocycles. The Morgan fingerprint density at radius 2 is 1.50 bits per heavy atom. The zero-order valence-corrected chi connectivity index (χ0v) is 5.72. The van der Waals surface area contributed by atoms with E-state index in [4.69, 9.17) is 21.7 Å². The van der Waals surface area contributed by atoms with Gasteiger partial charge in [-0.1, -0.05) is 0 Å². The highest BCUT2D eigenvalue weighted by molar-refractivity contribution is 8.59. The molecule has 5 nitrogen and oxygen atoms in total. The molecule has 0 N–H and O–H groups in total. The SMILES string of the molecule is O=S([O-])S(=O)(=O)[O-].[S+2]. The third-order valence-electron chi connectivity index (χ3n) is 0.167. The molecule has 0 amide bonds. The fourth-order valence-electron chi connectivity index (χ4n) is 0. The van der Waals surface area contributed by atoms with Crippen molar-refractivity contribution < 1.29 is 21.7 Å².